The Morgan fingerprint density at radius 1 is 1.63 bits per heavy atom. The zero-order valence-corrected chi connectivity index (χ0v) is 12.7. The van der Waals surface area contributed by atoms with Crippen LogP contribution in [0.4, 0.5) is 0 Å². The number of hydrogen-bond donors (Lipinski definition) is 2. The van der Waals surface area contributed by atoms with Crippen LogP contribution in [0.1, 0.15) is 31.2 Å². The second kappa shape index (κ2) is 5.92. The lowest BCUT2D eigenvalue weighted by Gasteiger charge is -2.33. The van der Waals surface area contributed by atoms with Crippen molar-refractivity contribution in [2.24, 2.45) is 16.6 Å². The number of thiophene rings is 1. The third-order valence-electron chi connectivity index (χ3n) is 3.31. The highest BCUT2D eigenvalue weighted by Gasteiger charge is 2.33. The summed E-state index contributed by atoms with van der Waals surface area (Å²) >= 11 is 1.80. The number of nitrogens with zero attached hydrogens (tertiary/aromatic N) is 1. The number of hydrogen-bond acceptors (Lipinski definition) is 3. The number of ether oxygens (including phenoxy) is 1. The Kier molecular flexibility index (Phi) is 4.47. The standard InChI is InChI=1S/C14H23N3OS/c1-10(2)8-16-13(15)17-9-14(3)11-5-7-19-12(11)4-6-18-14/h5,7,10H,4,6,8-9H2,1-3H3,(H3,15,16,17). The van der Waals surface area contributed by atoms with Gasteiger partial charge in [0.2, 0.25) is 0 Å². The van der Waals surface area contributed by atoms with Crippen LogP contribution in [0.3, 0.4) is 0 Å². The quantitative estimate of drug-likeness (QED) is 0.656. The van der Waals surface area contributed by atoms with Crippen molar-refractivity contribution in [3.8, 4) is 0 Å². The third-order valence-corrected chi connectivity index (χ3v) is 4.29. The molecule has 0 saturated carbocycles. The summed E-state index contributed by atoms with van der Waals surface area (Å²) in [5.74, 6) is 1.06. The molecule has 1 aromatic rings. The first kappa shape index (κ1) is 14.3. The maximum atomic E-state index is 5.94. The lowest BCUT2D eigenvalue weighted by molar-refractivity contribution is -0.0375. The molecule has 0 saturated heterocycles. The minimum absolute atomic E-state index is 0.336. The Morgan fingerprint density at radius 2 is 2.42 bits per heavy atom. The first-order valence-electron chi connectivity index (χ1n) is 6.76. The highest BCUT2D eigenvalue weighted by molar-refractivity contribution is 7.10. The van der Waals surface area contributed by atoms with E-state index in [1.807, 2.05) is 0 Å². The number of rotatable bonds is 4. The van der Waals surface area contributed by atoms with Crippen molar-refractivity contribution < 1.29 is 4.74 Å². The molecule has 1 aromatic heterocycles. The molecule has 0 amide bonds. The summed E-state index contributed by atoms with van der Waals surface area (Å²) in [6.45, 7) is 8.55. The topological polar surface area (TPSA) is 59.6 Å². The molecule has 0 spiro atoms. The van der Waals surface area contributed by atoms with Gasteiger partial charge in [-0.2, -0.15) is 0 Å². The van der Waals surface area contributed by atoms with E-state index in [2.05, 4.69) is 42.5 Å². The third kappa shape index (κ3) is 3.48. The summed E-state index contributed by atoms with van der Waals surface area (Å²) in [7, 11) is 0. The largest absolute Gasteiger partial charge is 0.370 e. The van der Waals surface area contributed by atoms with Gasteiger partial charge in [0.15, 0.2) is 5.96 Å². The van der Waals surface area contributed by atoms with E-state index in [0.29, 0.717) is 18.4 Å². The summed E-state index contributed by atoms with van der Waals surface area (Å²) in [5, 5.41) is 5.26. The van der Waals surface area contributed by atoms with Gasteiger partial charge in [-0.1, -0.05) is 13.8 Å². The Bertz CT molecular complexity index is 455. The minimum Gasteiger partial charge on any atom is -0.370 e. The fourth-order valence-corrected chi connectivity index (χ4v) is 3.16. The Hall–Kier alpha value is -1.07. The van der Waals surface area contributed by atoms with E-state index in [4.69, 9.17) is 10.5 Å². The molecule has 2 heterocycles. The second-order valence-electron chi connectivity index (χ2n) is 5.56. The Morgan fingerprint density at radius 3 is 3.16 bits per heavy atom. The van der Waals surface area contributed by atoms with E-state index in [1.54, 1.807) is 11.3 Å². The molecule has 2 rings (SSSR count). The minimum atomic E-state index is -0.336. The molecule has 106 valence electrons. The van der Waals surface area contributed by atoms with Crippen LogP contribution < -0.4 is 11.1 Å². The van der Waals surface area contributed by atoms with Crippen molar-refractivity contribution in [1.29, 1.82) is 0 Å². The van der Waals surface area contributed by atoms with Crippen LogP contribution in [0, 0.1) is 5.92 Å². The normalized spacial score (nSPS) is 23.5. The molecule has 0 aliphatic carbocycles. The van der Waals surface area contributed by atoms with E-state index in [9.17, 15) is 0 Å². The predicted octanol–water partition coefficient (Wildman–Crippen LogP) is 2.10. The van der Waals surface area contributed by atoms with E-state index in [0.717, 1.165) is 19.6 Å². The van der Waals surface area contributed by atoms with Gasteiger partial charge in [-0.3, -0.25) is 4.99 Å². The first-order valence-corrected chi connectivity index (χ1v) is 7.64. The number of nitrogens with one attached hydrogen (secondary N) is 1. The lowest BCUT2D eigenvalue weighted by Crippen LogP contribution is -2.38. The zero-order chi connectivity index (χ0) is 13.9. The number of fused-ring (bicyclic) bond motifs is 1. The molecule has 1 aliphatic rings. The van der Waals surface area contributed by atoms with Gasteiger partial charge >= 0.3 is 0 Å². The van der Waals surface area contributed by atoms with Crippen LogP contribution in [-0.2, 0) is 16.8 Å². The SMILES string of the molecule is CC(C)CNC(N)=NCC1(C)OCCc2sccc21. The molecule has 0 bridgehead atoms. The molecule has 1 unspecified atom stereocenters. The van der Waals surface area contributed by atoms with Crippen LogP contribution in [0.25, 0.3) is 0 Å². The second-order valence-corrected chi connectivity index (χ2v) is 6.56. The van der Waals surface area contributed by atoms with Crippen LogP contribution in [0.5, 0.6) is 0 Å². The van der Waals surface area contributed by atoms with Gasteiger partial charge in [-0.05, 0) is 29.9 Å². The monoisotopic (exact) mass is 281 g/mol. The fraction of sp³-hybridized carbons (Fsp3) is 0.643. The molecule has 3 N–H and O–H groups in total. The van der Waals surface area contributed by atoms with Crippen LogP contribution in [-0.4, -0.2) is 25.7 Å². The van der Waals surface area contributed by atoms with Crippen LogP contribution in [0.2, 0.25) is 0 Å². The van der Waals surface area contributed by atoms with Crippen molar-refractivity contribution in [3.05, 3.63) is 21.9 Å². The molecule has 0 fully saturated rings. The fourth-order valence-electron chi connectivity index (χ4n) is 2.18. The molecule has 1 atom stereocenters. The maximum Gasteiger partial charge on any atom is 0.188 e. The molecule has 1 aliphatic heterocycles. The van der Waals surface area contributed by atoms with Gasteiger partial charge in [-0.15, -0.1) is 11.3 Å². The van der Waals surface area contributed by atoms with Gasteiger partial charge in [0.25, 0.3) is 0 Å². The highest BCUT2D eigenvalue weighted by Crippen LogP contribution is 2.36. The first-order chi connectivity index (χ1) is 9.01. The Balaban J connectivity index is 2.01. The van der Waals surface area contributed by atoms with Crippen molar-refractivity contribution in [3.63, 3.8) is 0 Å². The zero-order valence-electron chi connectivity index (χ0n) is 11.9. The van der Waals surface area contributed by atoms with Gasteiger partial charge in [-0.25, -0.2) is 0 Å². The number of aliphatic imine (C=N–C) groups is 1. The average molecular weight is 281 g/mol. The molecular weight excluding hydrogens is 258 g/mol. The molecular formula is C14H23N3OS. The van der Waals surface area contributed by atoms with E-state index in [1.165, 1.54) is 10.4 Å². The summed E-state index contributed by atoms with van der Waals surface area (Å²) in [6.07, 6.45) is 1.01. The molecule has 0 radical (unpaired) electrons. The van der Waals surface area contributed by atoms with Crippen LogP contribution >= 0.6 is 11.3 Å². The van der Waals surface area contributed by atoms with E-state index < -0.39 is 0 Å². The summed E-state index contributed by atoms with van der Waals surface area (Å²) in [5.41, 5.74) is 6.81. The summed E-state index contributed by atoms with van der Waals surface area (Å²) in [6, 6.07) is 2.15. The summed E-state index contributed by atoms with van der Waals surface area (Å²) in [4.78, 5) is 5.85. The van der Waals surface area contributed by atoms with Gasteiger partial charge in [0.1, 0.15) is 5.60 Å². The smallest absolute Gasteiger partial charge is 0.188 e. The number of guanidine groups is 1. The van der Waals surface area contributed by atoms with E-state index in [-0.39, 0.29) is 5.60 Å². The van der Waals surface area contributed by atoms with Crippen molar-refractivity contribution in [1.82, 2.24) is 5.32 Å². The molecule has 0 aromatic carbocycles. The lowest BCUT2D eigenvalue weighted by atomic mass is 9.93. The molecule has 5 heteroatoms. The number of nitrogens with two attached hydrogens (primary N) is 1. The maximum absolute atomic E-state index is 5.94. The van der Waals surface area contributed by atoms with Crippen molar-refractivity contribution in [2.45, 2.75) is 32.8 Å². The predicted molar refractivity (Wildman–Crippen MR) is 80.7 cm³/mol. The van der Waals surface area contributed by atoms with Gasteiger partial charge < -0.3 is 15.8 Å². The van der Waals surface area contributed by atoms with Crippen LogP contribution in [0.15, 0.2) is 16.4 Å². The molecule has 4 nitrogen and oxygen atoms in total. The highest BCUT2D eigenvalue weighted by atomic mass is 32.1. The molecule has 19 heavy (non-hydrogen) atoms. The summed E-state index contributed by atoms with van der Waals surface area (Å²) < 4.78 is 5.94. The Labute approximate surface area is 119 Å². The van der Waals surface area contributed by atoms with Crippen molar-refractivity contribution >= 4 is 17.3 Å². The van der Waals surface area contributed by atoms with E-state index >= 15 is 0 Å². The van der Waals surface area contributed by atoms with Gasteiger partial charge in [0, 0.05) is 17.8 Å². The van der Waals surface area contributed by atoms with Gasteiger partial charge in [0.05, 0.1) is 13.2 Å². The average Bonchev–Trinajstić information content (AvgIpc) is 2.84. The van der Waals surface area contributed by atoms with Crippen molar-refractivity contribution in [2.75, 3.05) is 19.7 Å².